The summed E-state index contributed by atoms with van der Waals surface area (Å²) in [4.78, 5) is 21.6. The average Bonchev–Trinajstić information content (AvgIpc) is 2.35. The Kier molecular flexibility index (Phi) is 4.39. The standard InChI is InChI=1S/C12H14N2O3/c1-3-8-13-12(15)9(2)10-4-6-11(7-5-10)14(16)17/h4-7H,2-3,8H2,1H3,(H,13,15). The third-order valence-electron chi connectivity index (χ3n) is 2.24. The van der Waals surface area contributed by atoms with Gasteiger partial charge in [-0.1, -0.05) is 13.5 Å². The maximum absolute atomic E-state index is 11.6. The van der Waals surface area contributed by atoms with Crippen LogP contribution in [0.2, 0.25) is 0 Å². The number of carbonyl (C=O) groups is 1. The van der Waals surface area contributed by atoms with Crippen molar-refractivity contribution in [3.63, 3.8) is 0 Å². The molecule has 1 amide bonds. The van der Waals surface area contributed by atoms with Crippen molar-refractivity contribution in [2.45, 2.75) is 13.3 Å². The maximum Gasteiger partial charge on any atom is 0.269 e. The highest BCUT2D eigenvalue weighted by molar-refractivity contribution is 6.18. The molecule has 0 aromatic heterocycles. The Morgan fingerprint density at radius 3 is 2.47 bits per heavy atom. The second kappa shape index (κ2) is 5.79. The summed E-state index contributed by atoms with van der Waals surface area (Å²) in [6.07, 6.45) is 0.847. The van der Waals surface area contributed by atoms with E-state index in [2.05, 4.69) is 11.9 Å². The first kappa shape index (κ1) is 12.9. The van der Waals surface area contributed by atoms with Crippen LogP contribution in [0.3, 0.4) is 0 Å². The minimum absolute atomic E-state index is 0.00415. The number of nitro groups is 1. The molecule has 0 heterocycles. The third kappa shape index (κ3) is 3.41. The van der Waals surface area contributed by atoms with Crippen molar-refractivity contribution in [1.29, 1.82) is 0 Å². The lowest BCUT2D eigenvalue weighted by atomic mass is 10.1. The molecule has 1 N–H and O–H groups in total. The molecular weight excluding hydrogens is 220 g/mol. The van der Waals surface area contributed by atoms with E-state index >= 15 is 0 Å². The van der Waals surface area contributed by atoms with Crippen LogP contribution in [0, 0.1) is 10.1 Å². The van der Waals surface area contributed by atoms with Crippen LogP contribution in [-0.2, 0) is 4.79 Å². The van der Waals surface area contributed by atoms with Crippen molar-refractivity contribution in [2.24, 2.45) is 0 Å². The molecule has 0 radical (unpaired) electrons. The Balaban J connectivity index is 2.76. The lowest BCUT2D eigenvalue weighted by Gasteiger charge is -2.06. The van der Waals surface area contributed by atoms with Crippen molar-refractivity contribution in [1.82, 2.24) is 5.32 Å². The van der Waals surface area contributed by atoms with Crippen LogP contribution in [0.15, 0.2) is 30.8 Å². The summed E-state index contributed by atoms with van der Waals surface area (Å²) in [5, 5.41) is 13.2. The van der Waals surface area contributed by atoms with Crippen molar-refractivity contribution in [2.75, 3.05) is 6.54 Å². The molecular formula is C12H14N2O3. The first-order valence-corrected chi connectivity index (χ1v) is 5.28. The summed E-state index contributed by atoms with van der Waals surface area (Å²) in [5.41, 5.74) is 0.896. The molecule has 0 spiro atoms. The number of hydrogen-bond donors (Lipinski definition) is 1. The number of nitro benzene ring substituents is 1. The molecule has 0 bridgehead atoms. The highest BCUT2D eigenvalue weighted by Gasteiger charge is 2.10. The zero-order valence-corrected chi connectivity index (χ0v) is 9.60. The van der Waals surface area contributed by atoms with Gasteiger partial charge in [-0.25, -0.2) is 0 Å². The van der Waals surface area contributed by atoms with E-state index in [0.29, 0.717) is 17.7 Å². The second-order valence-corrected chi connectivity index (χ2v) is 3.54. The van der Waals surface area contributed by atoms with Gasteiger partial charge in [0.1, 0.15) is 0 Å². The van der Waals surface area contributed by atoms with Crippen molar-refractivity contribution >= 4 is 17.2 Å². The monoisotopic (exact) mass is 234 g/mol. The lowest BCUT2D eigenvalue weighted by Crippen LogP contribution is -2.24. The van der Waals surface area contributed by atoms with E-state index in [0.717, 1.165) is 6.42 Å². The number of nitrogens with zero attached hydrogens (tertiary/aromatic N) is 1. The van der Waals surface area contributed by atoms with Crippen LogP contribution >= 0.6 is 0 Å². The Morgan fingerprint density at radius 1 is 1.41 bits per heavy atom. The van der Waals surface area contributed by atoms with Gasteiger partial charge in [0, 0.05) is 24.3 Å². The van der Waals surface area contributed by atoms with Crippen LogP contribution in [0.25, 0.3) is 5.57 Å². The van der Waals surface area contributed by atoms with Gasteiger partial charge in [0.2, 0.25) is 0 Å². The SMILES string of the molecule is C=C(C(=O)NCCC)c1ccc([N+](=O)[O-])cc1. The molecule has 0 atom stereocenters. The quantitative estimate of drug-likeness (QED) is 0.482. The number of rotatable bonds is 5. The van der Waals surface area contributed by atoms with E-state index in [4.69, 9.17) is 0 Å². The number of non-ortho nitro benzene ring substituents is 1. The smallest absolute Gasteiger partial charge is 0.269 e. The molecule has 5 nitrogen and oxygen atoms in total. The predicted molar refractivity (Wildman–Crippen MR) is 65.4 cm³/mol. The van der Waals surface area contributed by atoms with Crippen molar-refractivity contribution in [3.8, 4) is 0 Å². The molecule has 0 fully saturated rings. The lowest BCUT2D eigenvalue weighted by molar-refractivity contribution is -0.384. The van der Waals surface area contributed by atoms with Gasteiger partial charge in [0.05, 0.1) is 4.92 Å². The van der Waals surface area contributed by atoms with Crippen LogP contribution in [0.1, 0.15) is 18.9 Å². The Morgan fingerprint density at radius 2 is 2.00 bits per heavy atom. The summed E-state index contributed by atoms with van der Waals surface area (Å²) in [7, 11) is 0. The predicted octanol–water partition coefficient (Wildman–Crippen LogP) is 2.13. The molecule has 0 aliphatic heterocycles. The van der Waals surface area contributed by atoms with Crippen LogP contribution < -0.4 is 5.32 Å². The normalized spacial score (nSPS) is 9.71. The van der Waals surface area contributed by atoms with Gasteiger partial charge in [-0.05, 0) is 24.1 Å². The number of carbonyl (C=O) groups excluding carboxylic acids is 1. The Hall–Kier alpha value is -2.17. The van der Waals surface area contributed by atoms with Gasteiger partial charge in [0.25, 0.3) is 11.6 Å². The number of amides is 1. The average molecular weight is 234 g/mol. The topological polar surface area (TPSA) is 72.2 Å². The Bertz CT molecular complexity index is 438. The van der Waals surface area contributed by atoms with Gasteiger partial charge in [0.15, 0.2) is 0 Å². The van der Waals surface area contributed by atoms with Crippen LogP contribution in [0.5, 0.6) is 0 Å². The highest BCUT2D eigenvalue weighted by atomic mass is 16.6. The molecule has 0 aliphatic carbocycles. The summed E-state index contributed by atoms with van der Waals surface area (Å²) in [5.74, 6) is -0.249. The van der Waals surface area contributed by atoms with E-state index in [1.54, 1.807) is 0 Å². The van der Waals surface area contributed by atoms with Gasteiger partial charge in [-0.3, -0.25) is 14.9 Å². The van der Waals surface area contributed by atoms with E-state index in [1.165, 1.54) is 24.3 Å². The molecule has 0 unspecified atom stereocenters. The Labute approximate surface area is 99.3 Å². The fourth-order valence-electron chi connectivity index (χ4n) is 1.26. The second-order valence-electron chi connectivity index (χ2n) is 3.54. The van der Waals surface area contributed by atoms with Gasteiger partial charge in [-0.2, -0.15) is 0 Å². The van der Waals surface area contributed by atoms with E-state index in [1.807, 2.05) is 6.92 Å². The number of hydrogen-bond acceptors (Lipinski definition) is 3. The van der Waals surface area contributed by atoms with Crippen LogP contribution in [-0.4, -0.2) is 17.4 Å². The van der Waals surface area contributed by atoms with Gasteiger partial charge < -0.3 is 5.32 Å². The summed E-state index contributed by atoms with van der Waals surface area (Å²) < 4.78 is 0. The zero-order chi connectivity index (χ0) is 12.8. The number of nitrogens with one attached hydrogen (secondary N) is 1. The first-order chi connectivity index (χ1) is 8.06. The van der Waals surface area contributed by atoms with E-state index < -0.39 is 4.92 Å². The van der Waals surface area contributed by atoms with Crippen molar-refractivity contribution in [3.05, 3.63) is 46.5 Å². The molecule has 0 aliphatic rings. The first-order valence-electron chi connectivity index (χ1n) is 5.28. The largest absolute Gasteiger partial charge is 0.352 e. The highest BCUT2D eigenvalue weighted by Crippen LogP contribution is 2.17. The van der Waals surface area contributed by atoms with Gasteiger partial charge >= 0.3 is 0 Å². The summed E-state index contributed by atoms with van der Waals surface area (Å²) >= 11 is 0. The summed E-state index contributed by atoms with van der Waals surface area (Å²) in [6, 6.07) is 5.75. The molecule has 5 heteroatoms. The van der Waals surface area contributed by atoms with Crippen LogP contribution in [0.4, 0.5) is 5.69 Å². The molecule has 0 saturated carbocycles. The van der Waals surface area contributed by atoms with E-state index in [-0.39, 0.29) is 11.6 Å². The zero-order valence-electron chi connectivity index (χ0n) is 9.60. The van der Waals surface area contributed by atoms with E-state index in [9.17, 15) is 14.9 Å². The fourth-order valence-corrected chi connectivity index (χ4v) is 1.26. The molecule has 1 aromatic carbocycles. The van der Waals surface area contributed by atoms with Crippen molar-refractivity contribution < 1.29 is 9.72 Å². The summed E-state index contributed by atoms with van der Waals surface area (Å²) in [6.45, 7) is 6.21. The number of benzene rings is 1. The molecule has 1 aromatic rings. The maximum atomic E-state index is 11.6. The molecule has 17 heavy (non-hydrogen) atoms. The van der Waals surface area contributed by atoms with Gasteiger partial charge in [-0.15, -0.1) is 0 Å². The fraction of sp³-hybridized carbons (Fsp3) is 0.250. The molecule has 1 rings (SSSR count). The molecule has 90 valence electrons. The molecule has 0 saturated heterocycles. The minimum atomic E-state index is -0.482. The minimum Gasteiger partial charge on any atom is -0.352 e. The third-order valence-corrected chi connectivity index (χ3v) is 2.24.